The van der Waals surface area contributed by atoms with E-state index in [1.165, 1.54) is 0 Å². The molecule has 0 radical (unpaired) electrons. The molecule has 1 aliphatic heterocycles. The lowest BCUT2D eigenvalue weighted by Crippen LogP contribution is -2.42. The summed E-state index contributed by atoms with van der Waals surface area (Å²) in [6.45, 7) is 4.76. The van der Waals surface area contributed by atoms with Crippen molar-refractivity contribution in [2.75, 3.05) is 6.54 Å². The lowest BCUT2D eigenvalue weighted by atomic mass is 9.93. The fraction of sp³-hybridized carbons (Fsp3) is 0.435. The minimum Gasteiger partial charge on any atom is -0.455 e. The minimum atomic E-state index is -0.322. The van der Waals surface area contributed by atoms with E-state index in [9.17, 15) is 9.59 Å². The number of furan rings is 1. The number of halogens is 1. The fourth-order valence-corrected chi connectivity index (χ4v) is 4.52. The van der Waals surface area contributed by atoms with Crippen molar-refractivity contribution in [3.8, 4) is 0 Å². The SMILES string of the molecule is Cc1c(C(=O)N2CCCCC2C)oc2c1/C(=N/NC(=O)c1cccc(Cl)c1)CCC2. The number of hydrazone groups is 1. The van der Waals surface area contributed by atoms with Crippen LogP contribution in [0.15, 0.2) is 33.8 Å². The highest BCUT2D eigenvalue weighted by Crippen LogP contribution is 2.31. The Hall–Kier alpha value is -2.60. The third-order valence-corrected chi connectivity index (χ3v) is 6.20. The van der Waals surface area contributed by atoms with Crippen LogP contribution in [0, 0.1) is 6.92 Å². The summed E-state index contributed by atoms with van der Waals surface area (Å²) < 4.78 is 6.04. The maximum Gasteiger partial charge on any atom is 0.290 e. The molecular formula is C23H26ClN3O3. The van der Waals surface area contributed by atoms with E-state index in [0.29, 0.717) is 16.3 Å². The molecule has 2 aliphatic rings. The first kappa shape index (κ1) is 20.7. The third kappa shape index (κ3) is 4.01. The molecule has 158 valence electrons. The Morgan fingerprint density at radius 3 is 2.83 bits per heavy atom. The Balaban J connectivity index is 1.59. The number of hydrogen-bond acceptors (Lipinski definition) is 4. The van der Waals surface area contributed by atoms with Crippen molar-refractivity contribution in [3.63, 3.8) is 0 Å². The third-order valence-electron chi connectivity index (χ3n) is 5.96. The largest absolute Gasteiger partial charge is 0.455 e. The van der Waals surface area contributed by atoms with Crippen molar-refractivity contribution >= 4 is 29.1 Å². The van der Waals surface area contributed by atoms with Crippen molar-refractivity contribution in [1.82, 2.24) is 10.3 Å². The van der Waals surface area contributed by atoms with Gasteiger partial charge < -0.3 is 9.32 Å². The van der Waals surface area contributed by atoms with Crippen LogP contribution < -0.4 is 5.43 Å². The zero-order chi connectivity index (χ0) is 21.3. The number of piperidine rings is 1. The van der Waals surface area contributed by atoms with Crippen LogP contribution in [-0.4, -0.2) is 35.0 Å². The van der Waals surface area contributed by atoms with Gasteiger partial charge >= 0.3 is 0 Å². The molecule has 6 nitrogen and oxygen atoms in total. The average Bonchev–Trinajstić information content (AvgIpc) is 3.09. The molecule has 1 N–H and O–H groups in total. The van der Waals surface area contributed by atoms with Gasteiger partial charge in [-0.3, -0.25) is 9.59 Å². The van der Waals surface area contributed by atoms with Crippen molar-refractivity contribution in [2.24, 2.45) is 5.10 Å². The highest BCUT2D eigenvalue weighted by molar-refractivity contribution is 6.31. The molecule has 1 saturated heterocycles. The number of nitrogens with one attached hydrogen (secondary N) is 1. The van der Waals surface area contributed by atoms with Gasteiger partial charge in [0, 0.05) is 40.7 Å². The Kier molecular flexibility index (Phi) is 5.95. The van der Waals surface area contributed by atoms with Crippen LogP contribution in [0.5, 0.6) is 0 Å². The summed E-state index contributed by atoms with van der Waals surface area (Å²) in [6.07, 6.45) is 5.55. The average molecular weight is 428 g/mol. The van der Waals surface area contributed by atoms with E-state index in [4.69, 9.17) is 16.0 Å². The van der Waals surface area contributed by atoms with E-state index in [0.717, 1.165) is 67.7 Å². The standard InChI is InChI=1S/C23H26ClN3O3/c1-14-7-3-4-12-27(14)23(29)21-15(2)20-18(10-6-11-19(20)30-21)25-26-22(28)16-8-5-9-17(24)13-16/h5,8-9,13-14H,3-4,6-7,10-12H2,1-2H3,(H,26,28)/b25-18+. The molecule has 1 aromatic heterocycles. The zero-order valence-corrected chi connectivity index (χ0v) is 18.1. The Labute approximate surface area is 181 Å². The number of hydrogen-bond donors (Lipinski definition) is 1. The number of nitrogens with zero attached hydrogens (tertiary/aromatic N) is 2. The molecule has 0 bridgehead atoms. The molecule has 7 heteroatoms. The van der Waals surface area contributed by atoms with Gasteiger partial charge in [-0.1, -0.05) is 17.7 Å². The van der Waals surface area contributed by atoms with Gasteiger partial charge in [-0.25, -0.2) is 5.43 Å². The molecule has 1 aliphatic carbocycles. The van der Waals surface area contributed by atoms with Crippen LogP contribution in [0.1, 0.15) is 76.8 Å². The topological polar surface area (TPSA) is 74.9 Å². The molecule has 4 rings (SSSR count). The summed E-state index contributed by atoms with van der Waals surface area (Å²) in [5, 5.41) is 4.88. The van der Waals surface area contributed by atoms with Gasteiger partial charge in [0.15, 0.2) is 5.76 Å². The summed E-state index contributed by atoms with van der Waals surface area (Å²) in [4.78, 5) is 27.5. The van der Waals surface area contributed by atoms with Gasteiger partial charge in [0.1, 0.15) is 5.76 Å². The zero-order valence-electron chi connectivity index (χ0n) is 17.3. The highest BCUT2D eigenvalue weighted by Gasteiger charge is 2.32. The van der Waals surface area contributed by atoms with Gasteiger partial charge in [-0.05, 0) is 64.2 Å². The van der Waals surface area contributed by atoms with Gasteiger partial charge in [-0.2, -0.15) is 5.10 Å². The summed E-state index contributed by atoms with van der Waals surface area (Å²) in [6, 6.07) is 6.95. The summed E-state index contributed by atoms with van der Waals surface area (Å²) in [5.41, 5.74) is 5.49. The fourth-order valence-electron chi connectivity index (χ4n) is 4.33. The van der Waals surface area contributed by atoms with Crippen LogP contribution in [0.3, 0.4) is 0 Å². The number of carbonyl (C=O) groups is 2. The predicted molar refractivity (Wildman–Crippen MR) is 116 cm³/mol. The van der Waals surface area contributed by atoms with E-state index in [1.54, 1.807) is 24.3 Å². The molecule has 0 spiro atoms. The maximum atomic E-state index is 13.1. The minimum absolute atomic E-state index is 0.0450. The van der Waals surface area contributed by atoms with Crippen LogP contribution in [0.25, 0.3) is 0 Å². The molecule has 2 amide bonds. The van der Waals surface area contributed by atoms with Gasteiger partial charge in [0.25, 0.3) is 11.8 Å². The lowest BCUT2D eigenvalue weighted by Gasteiger charge is -2.32. The van der Waals surface area contributed by atoms with E-state index in [-0.39, 0.29) is 17.9 Å². The first-order chi connectivity index (χ1) is 14.5. The normalized spacial score (nSPS) is 20.2. The Morgan fingerprint density at radius 2 is 2.07 bits per heavy atom. The van der Waals surface area contributed by atoms with Crippen molar-refractivity contribution in [1.29, 1.82) is 0 Å². The Morgan fingerprint density at radius 1 is 1.23 bits per heavy atom. The molecule has 2 heterocycles. The van der Waals surface area contributed by atoms with Crippen LogP contribution in [0.4, 0.5) is 0 Å². The number of likely N-dealkylation sites (tertiary alicyclic amines) is 1. The molecule has 1 aromatic carbocycles. The van der Waals surface area contributed by atoms with Gasteiger partial charge in [0.2, 0.25) is 0 Å². The number of amides is 2. The van der Waals surface area contributed by atoms with Gasteiger partial charge in [-0.15, -0.1) is 0 Å². The quantitative estimate of drug-likeness (QED) is 0.719. The summed E-state index contributed by atoms with van der Waals surface area (Å²) >= 11 is 5.97. The molecule has 30 heavy (non-hydrogen) atoms. The van der Waals surface area contributed by atoms with Crippen molar-refractivity contribution in [2.45, 2.75) is 58.4 Å². The maximum absolute atomic E-state index is 13.1. The second kappa shape index (κ2) is 8.64. The van der Waals surface area contributed by atoms with E-state index < -0.39 is 0 Å². The van der Waals surface area contributed by atoms with E-state index in [1.807, 2.05) is 11.8 Å². The predicted octanol–water partition coefficient (Wildman–Crippen LogP) is 4.73. The molecular weight excluding hydrogens is 402 g/mol. The monoisotopic (exact) mass is 427 g/mol. The van der Waals surface area contributed by atoms with Crippen LogP contribution in [-0.2, 0) is 6.42 Å². The smallest absolute Gasteiger partial charge is 0.290 e. The first-order valence-corrected chi connectivity index (χ1v) is 10.9. The lowest BCUT2D eigenvalue weighted by molar-refractivity contribution is 0.0600. The number of aryl methyl sites for hydroxylation is 1. The second-order valence-electron chi connectivity index (χ2n) is 8.06. The van der Waals surface area contributed by atoms with Crippen molar-refractivity contribution in [3.05, 3.63) is 57.5 Å². The summed E-state index contributed by atoms with van der Waals surface area (Å²) in [7, 11) is 0. The molecule has 0 saturated carbocycles. The molecule has 1 fully saturated rings. The molecule has 1 unspecified atom stereocenters. The van der Waals surface area contributed by atoms with Crippen LogP contribution in [0.2, 0.25) is 5.02 Å². The summed E-state index contributed by atoms with van der Waals surface area (Å²) in [5.74, 6) is 0.820. The number of carbonyl (C=O) groups excluding carboxylic acids is 2. The van der Waals surface area contributed by atoms with Gasteiger partial charge in [0.05, 0.1) is 5.71 Å². The molecule has 1 atom stereocenters. The first-order valence-electron chi connectivity index (χ1n) is 10.5. The van der Waals surface area contributed by atoms with Crippen molar-refractivity contribution < 1.29 is 14.0 Å². The highest BCUT2D eigenvalue weighted by atomic mass is 35.5. The second-order valence-corrected chi connectivity index (χ2v) is 8.50. The Bertz CT molecular complexity index is 1010. The van der Waals surface area contributed by atoms with E-state index in [2.05, 4.69) is 17.5 Å². The van der Waals surface area contributed by atoms with Crippen LogP contribution >= 0.6 is 11.6 Å². The number of fused-ring (bicyclic) bond motifs is 1. The van der Waals surface area contributed by atoms with E-state index >= 15 is 0 Å². The number of rotatable bonds is 3. The molecule has 2 aromatic rings. The number of benzene rings is 1.